The number of benzene rings is 1. The Morgan fingerprint density at radius 3 is 2.68 bits per heavy atom. The van der Waals surface area contributed by atoms with Crippen molar-refractivity contribution in [3.8, 4) is 0 Å². The second kappa shape index (κ2) is 7.87. The van der Waals surface area contributed by atoms with Gasteiger partial charge in [0.1, 0.15) is 0 Å². The highest BCUT2D eigenvalue weighted by molar-refractivity contribution is 7.80. The lowest BCUT2D eigenvalue weighted by atomic mass is 9.89. The molecule has 146 valence electrons. The van der Waals surface area contributed by atoms with Crippen LogP contribution in [0.25, 0.3) is 0 Å². The summed E-state index contributed by atoms with van der Waals surface area (Å²) in [5.74, 6) is 0.209. The zero-order valence-electron chi connectivity index (χ0n) is 16.2. The Balaban J connectivity index is 1.47. The number of aromatic nitrogens is 1. The van der Waals surface area contributed by atoms with Crippen LogP contribution in [0.5, 0.6) is 0 Å². The summed E-state index contributed by atoms with van der Waals surface area (Å²) in [5.41, 5.74) is 4.05. The van der Waals surface area contributed by atoms with Crippen LogP contribution < -0.4 is 15.5 Å². The van der Waals surface area contributed by atoms with E-state index in [-0.39, 0.29) is 11.4 Å². The first-order chi connectivity index (χ1) is 13.6. The average molecular weight is 395 g/mol. The Morgan fingerprint density at radius 2 is 2.04 bits per heavy atom. The van der Waals surface area contributed by atoms with Gasteiger partial charge in [-0.25, -0.2) is 0 Å². The first-order valence-corrected chi connectivity index (χ1v) is 10.4. The number of nitrogens with one attached hydrogen (secondary N) is 2. The summed E-state index contributed by atoms with van der Waals surface area (Å²) >= 11 is 5.64. The summed E-state index contributed by atoms with van der Waals surface area (Å²) in [6.45, 7) is 2.84. The maximum Gasteiger partial charge on any atom is 0.227 e. The van der Waals surface area contributed by atoms with Gasteiger partial charge in [-0.2, -0.15) is 0 Å². The molecule has 5 nitrogen and oxygen atoms in total. The molecule has 1 aromatic heterocycles. The fraction of sp³-hybridized carbons (Fsp3) is 0.409. The molecule has 6 heteroatoms. The molecule has 1 aliphatic carbocycles. The second-order valence-corrected chi connectivity index (χ2v) is 8.17. The van der Waals surface area contributed by atoms with Crippen LogP contribution in [0.15, 0.2) is 42.7 Å². The predicted octanol–water partition coefficient (Wildman–Crippen LogP) is 4.27. The monoisotopic (exact) mass is 394 g/mol. The lowest BCUT2D eigenvalue weighted by molar-refractivity contribution is -0.117. The SMILES string of the molecule is Cc1cc(NC(=S)NC2(c3cccnc3)CCCC2)ccc1N1CCCC1=O. The molecule has 0 radical (unpaired) electrons. The Morgan fingerprint density at radius 1 is 1.21 bits per heavy atom. The van der Waals surface area contributed by atoms with E-state index in [2.05, 4.69) is 27.8 Å². The van der Waals surface area contributed by atoms with Gasteiger partial charge in [-0.05, 0) is 73.8 Å². The van der Waals surface area contributed by atoms with Crippen LogP contribution in [0.1, 0.15) is 49.7 Å². The molecule has 1 amide bonds. The van der Waals surface area contributed by atoms with Crippen molar-refractivity contribution in [2.45, 2.75) is 51.0 Å². The van der Waals surface area contributed by atoms with Crippen molar-refractivity contribution in [1.82, 2.24) is 10.3 Å². The number of amides is 1. The summed E-state index contributed by atoms with van der Waals surface area (Å²) < 4.78 is 0. The summed E-state index contributed by atoms with van der Waals surface area (Å²) in [6, 6.07) is 10.2. The topological polar surface area (TPSA) is 57.3 Å². The number of nitrogens with zero attached hydrogens (tertiary/aromatic N) is 2. The molecule has 0 atom stereocenters. The van der Waals surface area contributed by atoms with Gasteiger partial charge in [0.05, 0.1) is 5.54 Å². The maximum absolute atomic E-state index is 12.0. The fourth-order valence-electron chi connectivity index (χ4n) is 4.43. The zero-order chi connectivity index (χ0) is 19.6. The number of hydrogen-bond acceptors (Lipinski definition) is 3. The molecule has 4 rings (SSSR count). The molecule has 1 saturated carbocycles. The lowest BCUT2D eigenvalue weighted by Gasteiger charge is -2.32. The average Bonchev–Trinajstić information content (AvgIpc) is 3.32. The molecule has 0 unspecified atom stereocenters. The van der Waals surface area contributed by atoms with E-state index in [4.69, 9.17) is 12.2 Å². The van der Waals surface area contributed by atoms with Crippen molar-refractivity contribution in [2.24, 2.45) is 0 Å². The minimum Gasteiger partial charge on any atom is -0.353 e. The minimum atomic E-state index is -0.144. The van der Waals surface area contributed by atoms with Gasteiger partial charge in [-0.3, -0.25) is 9.78 Å². The van der Waals surface area contributed by atoms with E-state index >= 15 is 0 Å². The van der Waals surface area contributed by atoms with E-state index < -0.39 is 0 Å². The Hall–Kier alpha value is -2.47. The molecule has 2 fully saturated rings. The van der Waals surface area contributed by atoms with Gasteiger partial charge in [0.2, 0.25) is 5.91 Å². The van der Waals surface area contributed by atoms with Gasteiger partial charge in [0, 0.05) is 36.7 Å². The molecular weight excluding hydrogens is 368 g/mol. The van der Waals surface area contributed by atoms with Gasteiger partial charge in [-0.15, -0.1) is 0 Å². The van der Waals surface area contributed by atoms with E-state index in [1.807, 2.05) is 36.2 Å². The summed E-state index contributed by atoms with van der Waals surface area (Å²) in [6.07, 6.45) is 9.78. The largest absolute Gasteiger partial charge is 0.353 e. The van der Waals surface area contributed by atoms with Gasteiger partial charge in [0.25, 0.3) is 0 Å². The van der Waals surface area contributed by atoms with Gasteiger partial charge in [0.15, 0.2) is 5.11 Å². The van der Waals surface area contributed by atoms with Crippen LogP contribution in [0.3, 0.4) is 0 Å². The maximum atomic E-state index is 12.0. The number of pyridine rings is 1. The summed E-state index contributed by atoms with van der Waals surface area (Å²) in [7, 11) is 0. The molecule has 1 aliphatic heterocycles. The van der Waals surface area contributed by atoms with Crippen molar-refractivity contribution in [3.05, 3.63) is 53.9 Å². The number of carbonyl (C=O) groups excluding carboxylic acids is 1. The molecule has 2 heterocycles. The molecule has 0 spiro atoms. The lowest BCUT2D eigenvalue weighted by Crippen LogP contribution is -2.45. The molecule has 2 N–H and O–H groups in total. The number of carbonyl (C=O) groups is 1. The van der Waals surface area contributed by atoms with Crippen LogP contribution >= 0.6 is 12.2 Å². The van der Waals surface area contributed by atoms with Gasteiger partial charge < -0.3 is 15.5 Å². The van der Waals surface area contributed by atoms with Gasteiger partial charge >= 0.3 is 0 Å². The van der Waals surface area contributed by atoms with Crippen molar-refractivity contribution >= 4 is 34.6 Å². The third-order valence-corrected chi connectivity index (χ3v) is 6.05. The molecule has 0 bridgehead atoms. The number of thiocarbonyl (C=S) groups is 1. The highest BCUT2D eigenvalue weighted by atomic mass is 32.1. The van der Waals surface area contributed by atoms with Crippen LogP contribution in [0.4, 0.5) is 11.4 Å². The normalized spacial score (nSPS) is 18.3. The second-order valence-electron chi connectivity index (χ2n) is 7.76. The van der Waals surface area contributed by atoms with Crippen molar-refractivity contribution in [3.63, 3.8) is 0 Å². The smallest absolute Gasteiger partial charge is 0.227 e. The van der Waals surface area contributed by atoms with Crippen molar-refractivity contribution in [1.29, 1.82) is 0 Å². The standard InChI is InChI=1S/C22H26N4OS/c1-16-14-18(8-9-19(16)26-13-5-7-20(26)27)24-21(28)25-22(10-2-3-11-22)17-6-4-12-23-15-17/h4,6,8-9,12,14-15H,2-3,5,7,10-11,13H2,1H3,(H2,24,25,28). The van der Waals surface area contributed by atoms with Crippen molar-refractivity contribution < 1.29 is 4.79 Å². The first-order valence-electron chi connectivity index (χ1n) is 9.98. The van der Waals surface area contributed by atoms with E-state index in [0.717, 1.165) is 42.7 Å². The van der Waals surface area contributed by atoms with Crippen LogP contribution in [-0.2, 0) is 10.3 Å². The number of rotatable bonds is 4. The predicted molar refractivity (Wildman–Crippen MR) is 117 cm³/mol. The van der Waals surface area contributed by atoms with Crippen LogP contribution in [0.2, 0.25) is 0 Å². The van der Waals surface area contributed by atoms with E-state index in [0.29, 0.717) is 11.5 Å². The summed E-state index contributed by atoms with van der Waals surface area (Å²) in [5, 5.41) is 7.52. The van der Waals surface area contributed by atoms with E-state index in [1.165, 1.54) is 18.4 Å². The molecule has 1 saturated heterocycles. The number of aryl methyl sites for hydroxylation is 1. The third-order valence-electron chi connectivity index (χ3n) is 5.84. The Labute approximate surface area is 171 Å². The highest BCUT2D eigenvalue weighted by Gasteiger charge is 2.36. The zero-order valence-corrected chi connectivity index (χ0v) is 17.0. The Kier molecular flexibility index (Phi) is 5.31. The van der Waals surface area contributed by atoms with Crippen LogP contribution in [0, 0.1) is 6.92 Å². The number of hydrogen-bond donors (Lipinski definition) is 2. The number of anilines is 2. The van der Waals surface area contributed by atoms with Crippen LogP contribution in [-0.4, -0.2) is 22.5 Å². The molecule has 28 heavy (non-hydrogen) atoms. The third kappa shape index (κ3) is 3.74. The molecule has 2 aromatic rings. The quantitative estimate of drug-likeness (QED) is 0.759. The molecule has 1 aromatic carbocycles. The fourth-order valence-corrected chi connectivity index (χ4v) is 4.74. The molecule has 2 aliphatic rings. The first kappa shape index (κ1) is 18.9. The van der Waals surface area contributed by atoms with E-state index in [1.54, 1.807) is 6.20 Å². The molecular formula is C22H26N4OS. The van der Waals surface area contributed by atoms with Crippen molar-refractivity contribution in [2.75, 3.05) is 16.8 Å². The Bertz CT molecular complexity index is 877. The summed E-state index contributed by atoms with van der Waals surface area (Å²) in [4.78, 5) is 18.2. The minimum absolute atomic E-state index is 0.144. The van der Waals surface area contributed by atoms with Gasteiger partial charge in [-0.1, -0.05) is 18.9 Å². The highest BCUT2D eigenvalue weighted by Crippen LogP contribution is 2.38. The van der Waals surface area contributed by atoms with E-state index in [9.17, 15) is 4.79 Å².